The first kappa shape index (κ1) is 11.1. The fraction of sp³-hybridized carbons (Fsp3) is 0.200. The van der Waals surface area contributed by atoms with Crippen molar-refractivity contribution in [2.45, 2.75) is 6.92 Å². The van der Waals surface area contributed by atoms with E-state index >= 15 is 0 Å². The fourth-order valence-electron chi connectivity index (χ4n) is 1.19. The van der Waals surface area contributed by atoms with Crippen LogP contribution < -0.4 is 0 Å². The van der Waals surface area contributed by atoms with Gasteiger partial charge < -0.3 is 5.11 Å². The van der Waals surface area contributed by atoms with Gasteiger partial charge in [0.05, 0.1) is 23.2 Å². The third-order valence-corrected chi connectivity index (χ3v) is 2.02. The van der Waals surface area contributed by atoms with E-state index in [2.05, 4.69) is 0 Å². The van der Waals surface area contributed by atoms with Crippen LogP contribution in [0.25, 0.3) is 0 Å². The van der Waals surface area contributed by atoms with Crippen LogP contribution in [0.2, 0.25) is 0 Å². The summed E-state index contributed by atoms with van der Waals surface area (Å²) in [5, 5.41) is 28.2. The Kier molecular flexibility index (Phi) is 3.37. The molecule has 0 fully saturated rings. The molecule has 0 unspecified atom stereocenters. The number of nitro benzene ring substituents is 1. The Balaban J connectivity index is 3.30. The third kappa shape index (κ3) is 2.30. The van der Waals surface area contributed by atoms with Crippen LogP contribution in [0.4, 0.5) is 5.69 Å². The molecule has 5 heteroatoms. The first-order chi connectivity index (χ1) is 7.10. The van der Waals surface area contributed by atoms with Crippen LogP contribution in [-0.4, -0.2) is 16.6 Å². The summed E-state index contributed by atoms with van der Waals surface area (Å²) in [6.07, 6.45) is 0. The lowest BCUT2D eigenvalue weighted by Gasteiger charge is -2.08. The number of aliphatic hydroxyl groups excluding tert-OH is 1. The predicted octanol–water partition coefficient (Wildman–Crippen LogP) is 1.40. The summed E-state index contributed by atoms with van der Waals surface area (Å²) in [5.41, 5.74) is 0.547. The van der Waals surface area contributed by atoms with Crippen molar-refractivity contribution in [2.75, 3.05) is 6.61 Å². The molecule has 1 aromatic rings. The summed E-state index contributed by atoms with van der Waals surface area (Å²) in [7, 11) is 0. The SMILES string of the molecule is C[C](CO)c1cc(C#N)ccc1[N+](=O)[O-]. The van der Waals surface area contributed by atoms with E-state index in [-0.39, 0.29) is 12.3 Å². The molecule has 0 aromatic heterocycles. The Morgan fingerprint density at radius 3 is 2.80 bits per heavy atom. The first-order valence-corrected chi connectivity index (χ1v) is 4.22. The summed E-state index contributed by atoms with van der Waals surface area (Å²) < 4.78 is 0. The van der Waals surface area contributed by atoms with Gasteiger partial charge in [0.25, 0.3) is 5.69 Å². The van der Waals surface area contributed by atoms with Crippen LogP contribution in [0.15, 0.2) is 18.2 Å². The summed E-state index contributed by atoms with van der Waals surface area (Å²) >= 11 is 0. The summed E-state index contributed by atoms with van der Waals surface area (Å²) in [4.78, 5) is 10.1. The molecular formula is C10H9N2O3. The van der Waals surface area contributed by atoms with Gasteiger partial charge >= 0.3 is 0 Å². The van der Waals surface area contributed by atoms with Crippen molar-refractivity contribution in [3.05, 3.63) is 45.4 Å². The monoisotopic (exact) mass is 205 g/mol. The van der Waals surface area contributed by atoms with E-state index < -0.39 is 4.92 Å². The highest BCUT2D eigenvalue weighted by Crippen LogP contribution is 2.26. The Hall–Kier alpha value is -1.93. The van der Waals surface area contributed by atoms with Gasteiger partial charge in [-0.3, -0.25) is 10.1 Å². The number of nitriles is 1. The second-order valence-electron chi connectivity index (χ2n) is 3.04. The molecule has 1 aromatic carbocycles. The van der Waals surface area contributed by atoms with Crippen molar-refractivity contribution in [1.29, 1.82) is 5.26 Å². The normalized spacial score (nSPS) is 10.0. The first-order valence-electron chi connectivity index (χ1n) is 4.22. The Morgan fingerprint density at radius 1 is 1.67 bits per heavy atom. The standard InChI is InChI=1S/C10H9N2O3/c1-7(6-13)9-4-8(5-11)2-3-10(9)12(14)15/h2-4,13H,6H2,1H3. The molecule has 1 radical (unpaired) electrons. The lowest BCUT2D eigenvalue weighted by Crippen LogP contribution is -2.04. The highest BCUT2D eigenvalue weighted by molar-refractivity contribution is 5.52. The van der Waals surface area contributed by atoms with E-state index in [4.69, 9.17) is 10.4 Å². The summed E-state index contributed by atoms with van der Waals surface area (Å²) in [6, 6.07) is 5.95. The maximum atomic E-state index is 10.7. The number of aliphatic hydroxyl groups is 1. The van der Waals surface area contributed by atoms with Gasteiger partial charge in [0.2, 0.25) is 0 Å². The van der Waals surface area contributed by atoms with Crippen molar-refractivity contribution in [1.82, 2.24) is 0 Å². The maximum absolute atomic E-state index is 10.7. The van der Waals surface area contributed by atoms with Crippen molar-refractivity contribution < 1.29 is 10.0 Å². The molecular weight excluding hydrogens is 196 g/mol. The van der Waals surface area contributed by atoms with Crippen LogP contribution >= 0.6 is 0 Å². The molecule has 0 spiro atoms. The van der Waals surface area contributed by atoms with E-state index in [1.54, 1.807) is 6.92 Å². The van der Waals surface area contributed by atoms with Gasteiger partial charge in [-0.2, -0.15) is 5.26 Å². The summed E-state index contributed by atoms with van der Waals surface area (Å²) in [5.74, 6) is 0.471. The molecule has 0 amide bonds. The second-order valence-corrected chi connectivity index (χ2v) is 3.04. The molecule has 0 aliphatic heterocycles. The van der Waals surface area contributed by atoms with E-state index in [1.807, 2.05) is 6.07 Å². The fourth-order valence-corrected chi connectivity index (χ4v) is 1.19. The van der Waals surface area contributed by atoms with Crippen molar-refractivity contribution in [3.63, 3.8) is 0 Å². The number of benzene rings is 1. The number of rotatable bonds is 3. The van der Waals surface area contributed by atoms with Gasteiger partial charge in [0, 0.05) is 17.5 Å². The minimum atomic E-state index is -0.532. The quantitative estimate of drug-likeness (QED) is 0.596. The average Bonchev–Trinajstić information content (AvgIpc) is 2.26. The van der Waals surface area contributed by atoms with Crippen molar-refractivity contribution >= 4 is 5.69 Å². The zero-order chi connectivity index (χ0) is 11.4. The van der Waals surface area contributed by atoms with Crippen LogP contribution in [0, 0.1) is 27.4 Å². The molecule has 0 atom stereocenters. The van der Waals surface area contributed by atoms with Crippen LogP contribution in [0.5, 0.6) is 0 Å². The second kappa shape index (κ2) is 4.53. The van der Waals surface area contributed by atoms with E-state index in [1.165, 1.54) is 18.2 Å². The summed E-state index contributed by atoms with van der Waals surface area (Å²) in [6.45, 7) is 1.32. The van der Waals surface area contributed by atoms with Crippen molar-refractivity contribution in [3.8, 4) is 6.07 Å². The zero-order valence-corrected chi connectivity index (χ0v) is 8.10. The number of nitro groups is 1. The predicted molar refractivity (Wildman–Crippen MR) is 52.9 cm³/mol. The molecule has 0 saturated heterocycles. The van der Waals surface area contributed by atoms with E-state index in [9.17, 15) is 10.1 Å². The topological polar surface area (TPSA) is 87.2 Å². The van der Waals surface area contributed by atoms with Gasteiger partial charge in [-0.1, -0.05) is 6.92 Å². The molecule has 1 N–H and O–H groups in total. The molecule has 0 aliphatic carbocycles. The maximum Gasteiger partial charge on any atom is 0.273 e. The lowest BCUT2D eigenvalue weighted by atomic mass is 9.98. The molecule has 0 bridgehead atoms. The lowest BCUT2D eigenvalue weighted by molar-refractivity contribution is -0.385. The number of hydrogen-bond donors (Lipinski definition) is 1. The van der Waals surface area contributed by atoms with Gasteiger partial charge in [-0.25, -0.2) is 0 Å². The molecule has 5 nitrogen and oxygen atoms in total. The molecule has 1 rings (SSSR count). The Morgan fingerprint density at radius 2 is 2.33 bits per heavy atom. The van der Waals surface area contributed by atoms with Crippen molar-refractivity contribution in [2.24, 2.45) is 0 Å². The average molecular weight is 205 g/mol. The molecule has 0 saturated carbocycles. The molecule has 0 heterocycles. The minimum Gasteiger partial charge on any atom is -0.395 e. The van der Waals surface area contributed by atoms with Crippen LogP contribution in [0.3, 0.4) is 0 Å². The minimum absolute atomic E-state index is 0.0967. The highest BCUT2D eigenvalue weighted by atomic mass is 16.6. The van der Waals surface area contributed by atoms with Gasteiger partial charge in [-0.15, -0.1) is 0 Å². The zero-order valence-electron chi connectivity index (χ0n) is 8.10. The third-order valence-electron chi connectivity index (χ3n) is 2.02. The van der Waals surface area contributed by atoms with Gasteiger partial charge in [0.1, 0.15) is 0 Å². The van der Waals surface area contributed by atoms with E-state index in [0.29, 0.717) is 17.0 Å². The largest absolute Gasteiger partial charge is 0.395 e. The molecule has 0 aliphatic rings. The smallest absolute Gasteiger partial charge is 0.273 e. The van der Waals surface area contributed by atoms with Crippen LogP contribution in [-0.2, 0) is 0 Å². The van der Waals surface area contributed by atoms with Crippen LogP contribution in [0.1, 0.15) is 18.1 Å². The Labute approximate surface area is 86.7 Å². The molecule has 77 valence electrons. The highest BCUT2D eigenvalue weighted by Gasteiger charge is 2.19. The van der Waals surface area contributed by atoms with E-state index in [0.717, 1.165) is 0 Å². The number of hydrogen-bond acceptors (Lipinski definition) is 4. The number of nitrogens with zero attached hydrogens (tertiary/aromatic N) is 2. The molecule has 15 heavy (non-hydrogen) atoms. The van der Waals surface area contributed by atoms with Gasteiger partial charge in [0.15, 0.2) is 0 Å². The van der Waals surface area contributed by atoms with Gasteiger partial charge in [-0.05, 0) is 12.1 Å². The Bertz CT molecular complexity index is 423.